The van der Waals surface area contributed by atoms with Gasteiger partial charge in [0.2, 0.25) is 5.78 Å². The molecular weight excluding hydrogens is 488 g/mol. The third kappa shape index (κ3) is 3.40. The van der Waals surface area contributed by atoms with Gasteiger partial charge in [-0.25, -0.2) is 23.1 Å². The molecule has 0 radical (unpaired) electrons. The summed E-state index contributed by atoms with van der Waals surface area (Å²) in [7, 11) is 1.57. The van der Waals surface area contributed by atoms with Gasteiger partial charge in [0.1, 0.15) is 11.3 Å². The maximum absolute atomic E-state index is 14.2. The van der Waals surface area contributed by atoms with Crippen molar-refractivity contribution in [3.8, 4) is 11.1 Å². The fourth-order valence-corrected chi connectivity index (χ4v) is 4.19. The molecule has 0 aliphatic heterocycles. The van der Waals surface area contributed by atoms with E-state index in [2.05, 4.69) is 9.97 Å². The van der Waals surface area contributed by atoms with E-state index in [-0.39, 0.29) is 39.2 Å². The zero-order chi connectivity index (χ0) is 26.1. The lowest BCUT2D eigenvalue weighted by Crippen LogP contribution is -2.11. The first-order chi connectivity index (χ1) is 16.9. The van der Waals surface area contributed by atoms with Crippen molar-refractivity contribution in [3.05, 3.63) is 83.0 Å². The van der Waals surface area contributed by atoms with Crippen LogP contribution in [0.25, 0.3) is 27.7 Å². The van der Waals surface area contributed by atoms with Crippen molar-refractivity contribution in [2.45, 2.75) is 13.1 Å². The normalized spacial score (nSPS) is 12.1. The van der Waals surface area contributed by atoms with Gasteiger partial charge in [0.15, 0.2) is 23.3 Å². The number of fused-ring (bicyclic) bond motifs is 2. The molecule has 5 aromatic rings. The topological polar surface area (TPSA) is 78.2 Å². The second kappa shape index (κ2) is 7.83. The molecule has 6 nitrogen and oxygen atoms in total. The summed E-state index contributed by atoms with van der Waals surface area (Å²) >= 11 is 0. The molecule has 0 saturated heterocycles. The van der Waals surface area contributed by atoms with Crippen LogP contribution in [0.15, 0.2) is 42.7 Å². The highest BCUT2D eigenvalue weighted by Gasteiger charge is 2.37. The Labute approximate surface area is 198 Å². The average molecular weight is 503 g/mol. The third-order valence-electron chi connectivity index (χ3n) is 6.03. The van der Waals surface area contributed by atoms with Gasteiger partial charge in [-0.3, -0.25) is 9.20 Å². The molecule has 0 spiro atoms. The first kappa shape index (κ1) is 23.4. The van der Waals surface area contributed by atoms with Gasteiger partial charge < -0.3 is 10.3 Å². The number of halogens is 6. The molecule has 3 aromatic heterocycles. The van der Waals surface area contributed by atoms with Crippen molar-refractivity contribution in [2.24, 2.45) is 7.05 Å². The number of carbonyl (C=O) groups excluding carboxylic acids is 1. The summed E-state index contributed by atoms with van der Waals surface area (Å²) in [5.41, 5.74) is 4.59. The minimum Gasteiger partial charge on any atom is -0.396 e. The van der Waals surface area contributed by atoms with E-state index in [9.17, 15) is 31.1 Å². The Morgan fingerprint density at radius 1 is 1.06 bits per heavy atom. The fraction of sp³-hybridized carbons (Fsp3) is 0.125. The van der Waals surface area contributed by atoms with Crippen LogP contribution >= 0.6 is 0 Å². The lowest BCUT2D eigenvalue weighted by molar-refractivity contribution is -0.137. The summed E-state index contributed by atoms with van der Waals surface area (Å²) in [4.78, 5) is 21.2. The minimum absolute atomic E-state index is 0.00977. The van der Waals surface area contributed by atoms with E-state index in [1.165, 1.54) is 27.3 Å². The molecular formula is C24H15F6N5O. The largest absolute Gasteiger partial charge is 0.417 e. The monoisotopic (exact) mass is 503 g/mol. The quantitative estimate of drug-likeness (QED) is 0.154. The van der Waals surface area contributed by atoms with Gasteiger partial charge in [-0.1, -0.05) is 6.07 Å². The average Bonchev–Trinajstić information content (AvgIpc) is 3.37. The van der Waals surface area contributed by atoms with Crippen LogP contribution in [0.3, 0.4) is 0 Å². The summed E-state index contributed by atoms with van der Waals surface area (Å²) < 4.78 is 85.9. The second-order valence-corrected chi connectivity index (χ2v) is 8.14. The zero-order valence-electron chi connectivity index (χ0n) is 18.6. The Morgan fingerprint density at radius 3 is 2.36 bits per heavy atom. The first-order valence-electron chi connectivity index (χ1n) is 10.4. The van der Waals surface area contributed by atoms with Gasteiger partial charge in [0.25, 0.3) is 0 Å². The van der Waals surface area contributed by atoms with Crippen LogP contribution in [0, 0.1) is 24.4 Å². The number of pyridine rings is 1. The van der Waals surface area contributed by atoms with E-state index >= 15 is 0 Å². The molecule has 0 atom stereocenters. The van der Waals surface area contributed by atoms with Crippen molar-refractivity contribution >= 4 is 28.0 Å². The Hall–Kier alpha value is -4.35. The number of rotatable bonds is 3. The number of nitrogens with zero attached hydrogens (tertiary/aromatic N) is 4. The van der Waals surface area contributed by atoms with E-state index in [0.29, 0.717) is 18.0 Å². The molecule has 5 rings (SSSR count). The van der Waals surface area contributed by atoms with Crippen molar-refractivity contribution in [2.75, 3.05) is 5.73 Å². The van der Waals surface area contributed by atoms with Crippen molar-refractivity contribution in [1.29, 1.82) is 0 Å². The molecule has 0 saturated carbocycles. The Morgan fingerprint density at radius 2 is 1.72 bits per heavy atom. The number of hydrogen-bond donors (Lipinski definition) is 1. The third-order valence-corrected chi connectivity index (χ3v) is 6.03. The molecule has 0 unspecified atom stereocenters. The molecule has 36 heavy (non-hydrogen) atoms. The number of anilines is 1. The van der Waals surface area contributed by atoms with Crippen LogP contribution in [0.4, 0.5) is 32.0 Å². The molecule has 2 aromatic carbocycles. The van der Waals surface area contributed by atoms with Gasteiger partial charge in [-0.15, -0.1) is 0 Å². The molecule has 2 N–H and O–H groups in total. The first-order valence-corrected chi connectivity index (χ1v) is 10.4. The van der Waals surface area contributed by atoms with Crippen LogP contribution in [0.1, 0.15) is 27.6 Å². The van der Waals surface area contributed by atoms with Crippen molar-refractivity contribution < 1.29 is 31.1 Å². The Kier molecular flexibility index (Phi) is 5.09. The van der Waals surface area contributed by atoms with Crippen LogP contribution < -0.4 is 5.73 Å². The number of aryl methyl sites for hydroxylation is 2. The van der Waals surface area contributed by atoms with Crippen LogP contribution in [-0.2, 0) is 13.2 Å². The predicted octanol–water partition coefficient (Wildman–Crippen LogP) is 5.45. The van der Waals surface area contributed by atoms with Gasteiger partial charge in [-0.2, -0.15) is 13.2 Å². The molecule has 0 amide bonds. The highest BCUT2D eigenvalue weighted by Crippen LogP contribution is 2.45. The maximum atomic E-state index is 14.2. The van der Waals surface area contributed by atoms with Gasteiger partial charge in [0, 0.05) is 29.9 Å². The predicted molar refractivity (Wildman–Crippen MR) is 119 cm³/mol. The zero-order valence-corrected chi connectivity index (χ0v) is 18.6. The smallest absolute Gasteiger partial charge is 0.396 e. The molecule has 12 heteroatoms. The molecule has 0 bridgehead atoms. The lowest BCUT2D eigenvalue weighted by Gasteiger charge is -2.17. The van der Waals surface area contributed by atoms with E-state index in [0.717, 1.165) is 12.3 Å². The molecule has 184 valence electrons. The summed E-state index contributed by atoms with van der Waals surface area (Å²) in [5.74, 6) is -5.74. The second-order valence-electron chi connectivity index (χ2n) is 8.14. The van der Waals surface area contributed by atoms with E-state index in [1.807, 2.05) is 0 Å². The number of nitrogens with two attached hydrogens (primary N) is 1. The van der Waals surface area contributed by atoms with E-state index in [1.54, 1.807) is 14.0 Å². The van der Waals surface area contributed by atoms with Gasteiger partial charge >= 0.3 is 6.18 Å². The standard InChI is InChI=1S/C24H15F6N5O/c1-10-33-21-16(34(10)2)8-13(24(28,29)30)18(20(21)31)12-4-3-5-35-17(12)9-32-23(35)22(36)11-6-14(25)19(27)15(26)7-11/h3-9H,31H2,1-2H3. The number of ketones is 1. The Balaban J connectivity index is 1.76. The van der Waals surface area contributed by atoms with Crippen LogP contribution in [0.2, 0.25) is 0 Å². The van der Waals surface area contributed by atoms with Crippen molar-refractivity contribution in [1.82, 2.24) is 18.9 Å². The lowest BCUT2D eigenvalue weighted by atomic mass is 9.96. The molecule has 0 aliphatic rings. The SMILES string of the molecule is Cc1nc2c(N)c(-c3cccn4c(C(=O)c5cc(F)c(F)c(F)c5)ncc34)c(C(F)(F)F)cc2n1C. The summed E-state index contributed by atoms with van der Waals surface area (Å²) in [6.45, 7) is 1.63. The summed E-state index contributed by atoms with van der Waals surface area (Å²) in [5, 5.41) is 0. The summed E-state index contributed by atoms with van der Waals surface area (Å²) in [6, 6.07) is 4.74. The highest BCUT2D eigenvalue weighted by molar-refractivity contribution is 6.08. The molecule has 0 aliphatic carbocycles. The van der Waals surface area contributed by atoms with E-state index in [4.69, 9.17) is 5.73 Å². The number of aromatic nitrogens is 4. The number of carbonyl (C=O) groups is 1. The van der Waals surface area contributed by atoms with Crippen LogP contribution in [-0.4, -0.2) is 24.7 Å². The number of alkyl halides is 3. The number of nitrogen functional groups attached to an aromatic ring is 1. The molecule has 3 heterocycles. The summed E-state index contributed by atoms with van der Waals surface area (Å²) in [6.07, 6.45) is -2.29. The minimum atomic E-state index is -4.79. The molecule has 0 fully saturated rings. The van der Waals surface area contributed by atoms with Crippen molar-refractivity contribution in [3.63, 3.8) is 0 Å². The van der Waals surface area contributed by atoms with Gasteiger partial charge in [0.05, 0.1) is 28.5 Å². The Bertz CT molecular complexity index is 1690. The maximum Gasteiger partial charge on any atom is 0.417 e. The van der Waals surface area contributed by atoms with Crippen LogP contribution in [0.5, 0.6) is 0 Å². The van der Waals surface area contributed by atoms with E-state index < -0.39 is 40.5 Å². The fourth-order valence-electron chi connectivity index (χ4n) is 4.19. The number of imidazole rings is 2. The van der Waals surface area contributed by atoms with Gasteiger partial charge in [-0.05, 0) is 31.2 Å². The number of hydrogen-bond acceptors (Lipinski definition) is 4. The highest BCUT2D eigenvalue weighted by atomic mass is 19.4. The number of benzene rings is 2.